The van der Waals surface area contributed by atoms with Gasteiger partial charge in [-0.05, 0) is 5.56 Å². The Kier molecular flexibility index (Phi) is 5.05. The predicted molar refractivity (Wildman–Crippen MR) is 80.3 cm³/mol. The monoisotopic (exact) mass is 334 g/mol. The maximum Gasteiger partial charge on any atom is 0.411 e. The van der Waals surface area contributed by atoms with Gasteiger partial charge >= 0.3 is 17.7 Å². The summed E-state index contributed by atoms with van der Waals surface area (Å²) >= 11 is 0. The molecule has 0 saturated carbocycles. The fourth-order valence-electron chi connectivity index (χ4n) is 1.85. The second-order valence-electron chi connectivity index (χ2n) is 4.60. The number of carbonyl (C=O) groups is 2. The Balaban J connectivity index is 2.16. The van der Waals surface area contributed by atoms with Gasteiger partial charge in [0.1, 0.15) is 6.61 Å². The van der Waals surface area contributed by atoms with E-state index in [1.54, 1.807) is 30.3 Å². The molecule has 9 heteroatoms. The third-order valence-corrected chi connectivity index (χ3v) is 2.96. The molecule has 0 spiro atoms. The number of amides is 1. The van der Waals surface area contributed by atoms with Crippen LogP contribution in [-0.4, -0.2) is 22.1 Å². The van der Waals surface area contributed by atoms with Crippen LogP contribution < -0.4 is 5.32 Å². The SMILES string of the molecule is O=C(Nc1cc(F)c([N+](=O)[O-])cc1C(=O)O)OCc1ccccc1. The van der Waals surface area contributed by atoms with Crippen LogP contribution in [0.3, 0.4) is 0 Å². The number of rotatable bonds is 5. The number of nitro benzene ring substituents is 1. The zero-order chi connectivity index (χ0) is 17.7. The Morgan fingerprint density at radius 3 is 2.50 bits per heavy atom. The number of aromatic carboxylic acids is 1. The van der Waals surface area contributed by atoms with Crippen LogP contribution in [0.2, 0.25) is 0 Å². The number of ether oxygens (including phenoxy) is 1. The highest BCUT2D eigenvalue weighted by atomic mass is 19.1. The highest BCUT2D eigenvalue weighted by Crippen LogP contribution is 2.26. The Labute approximate surface area is 134 Å². The summed E-state index contributed by atoms with van der Waals surface area (Å²) in [4.78, 5) is 32.4. The Bertz CT molecular complexity index is 794. The van der Waals surface area contributed by atoms with Crippen molar-refractivity contribution >= 4 is 23.4 Å². The van der Waals surface area contributed by atoms with E-state index in [9.17, 15) is 24.1 Å². The fraction of sp³-hybridized carbons (Fsp3) is 0.0667. The average molecular weight is 334 g/mol. The lowest BCUT2D eigenvalue weighted by Crippen LogP contribution is -2.16. The summed E-state index contributed by atoms with van der Waals surface area (Å²) in [7, 11) is 0. The van der Waals surface area contributed by atoms with Crippen LogP contribution in [0.5, 0.6) is 0 Å². The van der Waals surface area contributed by atoms with E-state index in [4.69, 9.17) is 9.84 Å². The van der Waals surface area contributed by atoms with Gasteiger partial charge < -0.3 is 9.84 Å². The Morgan fingerprint density at radius 2 is 1.92 bits per heavy atom. The Hall–Kier alpha value is -3.49. The normalized spacial score (nSPS) is 10.0. The van der Waals surface area contributed by atoms with Crippen LogP contribution in [-0.2, 0) is 11.3 Å². The van der Waals surface area contributed by atoms with Gasteiger partial charge in [0.15, 0.2) is 0 Å². The molecule has 0 unspecified atom stereocenters. The van der Waals surface area contributed by atoms with Crippen LogP contribution in [0.1, 0.15) is 15.9 Å². The van der Waals surface area contributed by atoms with Crippen LogP contribution in [0, 0.1) is 15.9 Å². The lowest BCUT2D eigenvalue weighted by Gasteiger charge is -2.10. The molecule has 0 aliphatic carbocycles. The average Bonchev–Trinajstić information content (AvgIpc) is 2.53. The molecular formula is C15H11FN2O6. The van der Waals surface area contributed by atoms with Crippen LogP contribution >= 0.6 is 0 Å². The molecule has 2 rings (SSSR count). The van der Waals surface area contributed by atoms with Gasteiger partial charge in [-0.25, -0.2) is 9.59 Å². The van der Waals surface area contributed by atoms with E-state index < -0.39 is 39.7 Å². The first-order valence-electron chi connectivity index (χ1n) is 6.57. The number of anilines is 1. The van der Waals surface area contributed by atoms with Crippen LogP contribution in [0.25, 0.3) is 0 Å². The molecule has 2 aromatic carbocycles. The van der Waals surface area contributed by atoms with Gasteiger partial charge in [-0.3, -0.25) is 15.4 Å². The molecule has 0 atom stereocenters. The van der Waals surface area contributed by atoms with Crippen molar-refractivity contribution in [2.45, 2.75) is 6.61 Å². The number of carboxylic acid groups (broad SMARTS) is 1. The van der Waals surface area contributed by atoms with Gasteiger partial charge in [0.05, 0.1) is 16.2 Å². The molecule has 0 fully saturated rings. The molecule has 24 heavy (non-hydrogen) atoms. The van der Waals surface area contributed by atoms with Gasteiger partial charge in [0.25, 0.3) is 0 Å². The topological polar surface area (TPSA) is 119 Å². The van der Waals surface area contributed by atoms with Gasteiger partial charge in [-0.1, -0.05) is 30.3 Å². The van der Waals surface area contributed by atoms with Crippen molar-refractivity contribution in [3.05, 3.63) is 69.5 Å². The number of nitrogens with zero attached hydrogens (tertiary/aromatic N) is 1. The first-order chi connectivity index (χ1) is 11.4. The van der Waals surface area contributed by atoms with Crippen molar-refractivity contribution in [3.63, 3.8) is 0 Å². The van der Waals surface area contributed by atoms with Crippen LogP contribution in [0.4, 0.5) is 20.6 Å². The van der Waals surface area contributed by atoms with Crippen molar-refractivity contribution in [2.75, 3.05) is 5.32 Å². The number of hydrogen-bond donors (Lipinski definition) is 2. The van der Waals surface area contributed by atoms with Gasteiger partial charge in [0, 0.05) is 12.1 Å². The minimum Gasteiger partial charge on any atom is -0.478 e. The largest absolute Gasteiger partial charge is 0.478 e. The summed E-state index contributed by atoms with van der Waals surface area (Å²) in [5.41, 5.74) is -1.37. The van der Waals surface area contributed by atoms with E-state index in [1.165, 1.54) is 0 Å². The minimum atomic E-state index is -1.56. The lowest BCUT2D eigenvalue weighted by atomic mass is 10.1. The number of nitrogens with one attached hydrogen (secondary N) is 1. The number of benzene rings is 2. The van der Waals surface area contributed by atoms with Gasteiger partial charge in [-0.15, -0.1) is 0 Å². The van der Waals surface area contributed by atoms with Crippen LogP contribution in [0.15, 0.2) is 42.5 Å². The first kappa shape index (κ1) is 16.9. The van der Waals surface area contributed by atoms with Crippen molar-refractivity contribution < 1.29 is 28.7 Å². The van der Waals surface area contributed by atoms with Gasteiger partial charge in [0.2, 0.25) is 5.82 Å². The molecule has 0 bridgehead atoms. The van der Waals surface area contributed by atoms with E-state index in [1.807, 2.05) is 0 Å². The Morgan fingerprint density at radius 1 is 1.25 bits per heavy atom. The number of carbonyl (C=O) groups excluding carboxylic acids is 1. The maximum atomic E-state index is 13.6. The molecule has 0 aliphatic rings. The second kappa shape index (κ2) is 7.18. The number of halogens is 1. The van der Waals surface area contributed by atoms with E-state index in [0.29, 0.717) is 17.7 Å². The minimum absolute atomic E-state index is 0.0788. The molecule has 1 amide bonds. The van der Waals surface area contributed by atoms with E-state index in [-0.39, 0.29) is 6.61 Å². The third-order valence-electron chi connectivity index (χ3n) is 2.96. The smallest absolute Gasteiger partial charge is 0.411 e. The molecule has 0 aromatic heterocycles. The molecular weight excluding hydrogens is 323 g/mol. The molecule has 2 N–H and O–H groups in total. The zero-order valence-electron chi connectivity index (χ0n) is 12.1. The summed E-state index contributed by atoms with van der Waals surface area (Å²) < 4.78 is 18.5. The van der Waals surface area contributed by atoms with Crippen molar-refractivity contribution in [2.24, 2.45) is 0 Å². The molecule has 0 aliphatic heterocycles. The van der Waals surface area contributed by atoms with E-state index >= 15 is 0 Å². The highest BCUT2D eigenvalue weighted by Gasteiger charge is 2.23. The quantitative estimate of drug-likeness (QED) is 0.640. The second-order valence-corrected chi connectivity index (χ2v) is 4.60. The number of carboxylic acids is 1. The molecule has 124 valence electrons. The zero-order valence-corrected chi connectivity index (χ0v) is 12.1. The molecule has 0 radical (unpaired) electrons. The van der Waals surface area contributed by atoms with Crippen molar-refractivity contribution in [1.82, 2.24) is 0 Å². The number of hydrogen-bond acceptors (Lipinski definition) is 5. The van der Waals surface area contributed by atoms with Crippen molar-refractivity contribution in [1.29, 1.82) is 0 Å². The predicted octanol–water partition coefficient (Wildman–Crippen LogP) is 3.18. The molecule has 0 saturated heterocycles. The summed E-state index contributed by atoms with van der Waals surface area (Å²) in [6.07, 6.45) is -1.02. The third kappa shape index (κ3) is 4.03. The molecule has 2 aromatic rings. The molecule has 8 nitrogen and oxygen atoms in total. The summed E-state index contributed by atoms with van der Waals surface area (Å²) in [6, 6.07) is 9.77. The fourth-order valence-corrected chi connectivity index (χ4v) is 1.85. The summed E-state index contributed by atoms with van der Waals surface area (Å²) in [6.45, 7) is -0.0788. The first-order valence-corrected chi connectivity index (χ1v) is 6.57. The highest BCUT2D eigenvalue weighted by molar-refractivity contribution is 5.99. The standard InChI is InChI=1S/C15H11FN2O6/c16-11-7-12(10(14(19)20)6-13(11)18(22)23)17-15(21)24-8-9-4-2-1-3-5-9/h1-7H,8H2,(H,17,21)(H,19,20). The maximum absolute atomic E-state index is 13.6. The van der Waals surface area contributed by atoms with Crippen molar-refractivity contribution in [3.8, 4) is 0 Å². The van der Waals surface area contributed by atoms with E-state index in [2.05, 4.69) is 5.32 Å². The van der Waals surface area contributed by atoms with E-state index in [0.717, 1.165) is 0 Å². The number of nitro groups is 1. The lowest BCUT2D eigenvalue weighted by molar-refractivity contribution is -0.387. The summed E-state index contributed by atoms with van der Waals surface area (Å²) in [5, 5.41) is 21.8. The molecule has 0 heterocycles. The van der Waals surface area contributed by atoms with Gasteiger partial charge in [-0.2, -0.15) is 4.39 Å². The summed E-state index contributed by atoms with van der Waals surface area (Å²) in [5.74, 6) is -2.83.